The average Bonchev–Trinajstić information content (AvgIpc) is 3.11. The first-order chi connectivity index (χ1) is 12.0. The molecule has 0 aromatic carbocycles. The molecule has 25 heavy (non-hydrogen) atoms. The highest BCUT2D eigenvalue weighted by Gasteiger charge is 2.26. The molecule has 1 aliphatic rings. The molecule has 0 atom stereocenters. The largest absolute Gasteiger partial charge is 0.377 e. The highest BCUT2D eigenvalue weighted by Crippen LogP contribution is 2.25. The number of amides is 1. The Morgan fingerprint density at radius 3 is 2.64 bits per heavy atom. The van der Waals surface area contributed by atoms with Gasteiger partial charge in [-0.05, 0) is 39.5 Å². The van der Waals surface area contributed by atoms with Gasteiger partial charge < -0.3 is 14.2 Å². The first-order valence-corrected chi connectivity index (χ1v) is 9.54. The lowest BCUT2D eigenvalue weighted by Gasteiger charge is -2.32. The smallest absolute Gasteiger partial charge is 0.265 e. The number of hydrogen-bond donors (Lipinski definition) is 0. The molecule has 1 aliphatic heterocycles. The van der Waals surface area contributed by atoms with E-state index in [4.69, 9.17) is 4.74 Å². The van der Waals surface area contributed by atoms with Crippen molar-refractivity contribution in [2.45, 2.75) is 46.8 Å². The molecule has 6 nitrogen and oxygen atoms in total. The molecule has 0 bridgehead atoms. The lowest BCUT2D eigenvalue weighted by molar-refractivity contribution is 0.0685. The number of thiazole rings is 1. The molecule has 0 saturated carbocycles. The van der Waals surface area contributed by atoms with Crippen LogP contribution in [0.5, 0.6) is 0 Å². The fraction of sp³-hybridized carbons (Fsp3) is 0.611. The molecule has 0 spiro atoms. The number of nitrogens with zero attached hydrogens (tertiary/aromatic N) is 4. The summed E-state index contributed by atoms with van der Waals surface area (Å²) in [5.74, 6) is 1.69. The number of likely N-dealkylation sites (tertiary alicyclic amines) is 1. The molecule has 1 amide bonds. The Morgan fingerprint density at radius 2 is 2.04 bits per heavy atom. The van der Waals surface area contributed by atoms with Gasteiger partial charge in [-0.2, -0.15) is 0 Å². The predicted octanol–water partition coefficient (Wildman–Crippen LogP) is 2.96. The molecule has 7 heteroatoms. The fourth-order valence-electron chi connectivity index (χ4n) is 3.45. The number of methoxy groups -OCH3 is 1. The van der Waals surface area contributed by atoms with Crippen molar-refractivity contribution >= 4 is 17.2 Å². The van der Waals surface area contributed by atoms with Crippen LogP contribution >= 0.6 is 11.3 Å². The van der Waals surface area contributed by atoms with Gasteiger partial charge in [0.15, 0.2) is 0 Å². The van der Waals surface area contributed by atoms with Gasteiger partial charge in [-0.3, -0.25) is 4.79 Å². The SMILES string of the molecule is COCc1ncc(C)n1CC1CCN(C(=O)c2sc(C)nc2C)CC1. The Labute approximate surface area is 152 Å². The highest BCUT2D eigenvalue weighted by atomic mass is 32.1. The number of hydrogen-bond acceptors (Lipinski definition) is 5. The summed E-state index contributed by atoms with van der Waals surface area (Å²) in [7, 11) is 1.70. The number of aryl methyl sites for hydroxylation is 3. The summed E-state index contributed by atoms with van der Waals surface area (Å²) in [5, 5.41) is 0.956. The van der Waals surface area contributed by atoms with Crippen LogP contribution in [0.15, 0.2) is 6.20 Å². The van der Waals surface area contributed by atoms with Crippen LogP contribution in [0.1, 0.15) is 44.7 Å². The molecule has 0 aliphatic carbocycles. The Morgan fingerprint density at radius 1 is 1.32 bits per heavy atom. The summed E-state index contributed by atoms with van der Waals surface area (Å²) in [4.78, 5) is 24.3. The molecular weight excluding hydrogens is 336 g/mol. The van der Waals surface area contributed by atoms with E-state index in [-0.39, 0.29) is 5.91 Å². The van der Waals surface area contributed by atoms with E-state index in [1.165, 1.54) is 17.0 Å². The van der Waals surface area contributed by atoms with Crippen LogP contribution in [0.4, 0.5) is 0 Å². The van der Waals surface area contributed by atoms with Gasteiger partial charge in [0.1, 0.15) is 17.3 Å². The second-order valence-corrected chi connectivity index (χ2v) is 7.95. The van der Waals surface area contributed by atoms with Crippen LogP contribution in [-0.4, -0.2) is 45.5 Å². The molecule has 2 aromatic heterocycles. The van der Waals surface area contributed by atoms with Crippen LogP contribution < -0.4 is 0 Å². The number of carbonyl (C=O) groups is 1. The number of rotatable bonds is 5. The van der Waals surface area contributed by atoms with Crippen LogP contribution in [-0.2, 0) is 17.9 Å². The Kier molecular flexibility index (Phi) is 5.54. The lowest BCUT2D eigenvalue weighted by atomic mass is 9.96. The molecule has 0 radical (unpaired) electrons. The second-order valence-electron chi connectivity index (χ2n) is 6.74. The third-order valence-electron chi connectivity index (χ3n) is 4.85. The van der Waals surface area contributed by atoms with Crippen molar-refractivity contribution in [3.63, 3.8) is 0 Å². The van der Waals surface area contributed by atoms with E-state index < -0.39 is 0 Å². The number of imidazole rings is 1. The average molecular weight is 362 g/mol. The first-order valence-electron chi connectivity index (χ1n) is 8.72. The van der Waals surface area contributed by atoms with Crippen LogP contribution in [0.25, 0.3) is 0 Å². The van der Waals surface area contributed by atoms with E-state index in [0.717, 1.165) is 53.9 Å². The molecule has 3 heterocycles. The summed E-state index contributed by atoms with van der Waals surface area (Å²) in [6, 6.07) is 0. The van der Waals surface area contributed by atoms with Gasteiger partial charge in [-0.15, -0.1) is 11.3 Å². The third kappa shape index (κ3) is 3.93. The molecule has 3 rings (SSSR count). The van der Waals surface area contributed by atoms with Crippen molar-refractivity contribution in [1.82, 2.24) is 19.4 Å². The number of piperidine rings is 1. The maximum absolute atomic E-state index is 12.7. The topological polar surface area (TPSA) is 60.2 Å². The second kappa shape index (κ2) is 7.66. The summed E-state index contributed by atoms with van der Waals surface area (Å²) in [6.45, 7) is 9.06. The summed E-state index contributed by atoms with van der Waals surface area (Å²) >= 11 is 1.50. The van der Waals surface area contributed by atoms with E-state index in [1.54, 1.807) is 7.11 Å². The zero-order valence-corrected chi connectivity index (χ0v) is 16.2. The Hall–Kier alpha value is -1.73. The van der Waals surface area contributed by atoms with Crippen LogP contribution in [0.2, 0.25) is 0 Å². The van der Waals surface area contributed by atoms with Crippen LogP contribution in [0, 0.1) is 26.7 Å². The molecular formula is C18H26N4O2S. The van der Waals surface area contributed by atoms with E-state index in [9.17, 15) is 4.79 Å². The quantitative estimate of drug-likeness (QED) is 0.820. The van der Waals surface area contributed by atoms with Gasteiger partial charge in [0.2, 0.25) is 0 Å². The zero-order chi connectivity index (χ0) is 18.0. The molecule has 1 fully saturated rings. The summed E-state index contributed by atoms with van der Waals surface area (Å²) < 4.78 is 7.49. The number of ether oxygens (including phenoxy) is 1. The van der Waals surface area contributed by atoms with E-state index >= 15 is 0 Å². The molecule has 136 valence electrons. The summed E-state index contributed by atoms with van der Waals surface area (Å²) in [5.41, 5.74) is 2.02. The van der Waals surface area contributed by atoms with Gasteiger partial charge in [0.25, 0.3) is 5.91 Å². The monoisotopic (exact) mass is 362 g/mol. The number of carbonyl (C=O) groups excluding carboxylic acids is 1. The maximum atomic E-state index is 12.7. The van der Waals surface area contributed by atoms with E-state index in [2.05, 4.69) is 21.5 Å². The van der Waals surface area contributed by atoms with Crippen molar-refractivity contribution in [1.29, 1.82) is 0 Å². The minimum atomic E-state index is 0.139. The predicted molar refractivity (Wildman–Crippen MR) is 97.9 cm³/mol. The molecule has 0 N–H and O–H groups in total. The normalized spacial score (nSPS) is 15.8. The van der Waals surface area contributed by atoms with E-state index in [0.29, 0.717) is 12.5 Å². The standard InChI is InChI=1S/C18H26N4O2S/c1-12-9-19-16(11-24-4)22(12)10-15-5-7-21(8-6-15)18(23)17-13(2)20-14(3)25-17/h9,15H,5-8,10-11H2,1-4H3. The fourth-order valence-corrected chi connectivity index (χ4v) is 4.34. The van der Waals surface area contributed by atoms with Crippen molar-refractivity contribution < 1.29 is 9.53 Å². The number of aromatic nitrogens is 3. The molecule has 0 unspecified atom stereocenters. The van der Waals surface area contributed by atoms with Crippen molar-refractivity contribution in [3.05, 3.63) is 33.3 Å². The lowest BCUT2D eigenvalue weighted by Crippen LogP contribution is -2.39. The van der Waals surface area contributed by atoms with Gasteiger partial charge in [-0.1, -0.05) is 0 Å². The summed E-state index contributed by atoms with van der Waals surface area (Å²) in [6.07, 6.45) is 3.95. The van der Waals surface area contributed by atoms with Crippen molar-refractivity contribution in [2.24, 2.45) is 5.92 Å². The van der Waals surface area contributed by atoms with Crippen molar-refractivity contribution in [2.75, 3.05) is 20.2 Å². The molecule has 1 saturated heterocycles. The van der Waals surface area contributed by atoms with Crippen molar-refractivity contribution in [3.8, 4) is 0 Å². The van der Waals surface area contributed by atoms with Gasteiger partial charge >= 0.3 is 0 Å². The Balaban J connectivity index is 1.60. The zero-order valence-electron chi connectivity index (χ0n) is 15.4. The third-order valence-corrected chi connectivity index (χ3v) is 5.91. The van der Waals surface area contributed by atoms with Gasteiger partial charge in [-0.25, -0.2) is 9.97 Å². The molecule has 2 aromatic rings. The minimum absolute atomic E-state index is 0.139. The minimum Gasteiger partial charge on any atom is -0.377 e. The van der Waals surface area contributed by atoms with E-state index in [1.807, 2.05) is 24.9 Å². The van der Waals surface area contributed by atoms with Gasteiger partial charge in [0.05, 0.1) is 10.7 Å². The van der Waals surface area contributed by atoms with Gasteiger partial charge in [0, 0.05) is 38.6 Å². The highest BCUT2D eigenvalue weighted by molar-refractivity contribution is 7.13. The Bertz CT molecular complexity index is 744. The van der Waals surface area contributed by atoms with Crippen LogP contribution in [0.3, 0.4) is 0 Å². The first kappa shape index (κ1) is 18.1. The maximum Gasteiger partial charge on any atom is 0.265 e.